The Hall–Kier alpha value is -2.35. The molecular weight excluding hydrogens is 308 g/mol. The van der Waals surface area contributed by atoms with Gasteiger partial charge in [0.25, 0.3) is 0 Å². The van der Waals surface area contributed by atoms with Crippen LogP contribution in [-0.4, -0.2) is 38.9 Å². The number of aryl methyl sites for hydroxylation is 3. The molecule has 0 aliphatic heterocycles. The van der Waals surface area contributed by atoms with Gasteiger partial charge in [0.15, 0.2) is 5.96 Å². The van der Waals surface area contributed by atoms with E-state index in [0.29, 0.717) is 31.5 Å². The maximum absolute atomic E-state index is 10.6. The highest BCUT2D eigenvalue weighted by molar-refractivity contribution is 5.79. The van der Waals surface area contributed by atoms with Crippen LogP contribution >= 0.6 is 0 Å². The summed E-state index contributed by atoms with van der Waals surface area (Å²) in [5.74, 6) is 1.97. The van der Waals surface area contributed by atoms with E-state index in [1.54, 1.807) is 24.0 Å². The molecule has 0 radical (unpaired) electrons. The summed E-state index contributed by atoms with van der Waals surface area (Å²) in [6.45, 7) is 8.85. The number of aliphatic hydroxyl groups is 1. The summed E-state index contributed by atoms with van der Waals surface area (Å²) < 4.78 is 7.19. The fourth-order valence-electron chi connectivity index (χ4n) is 2.15. The number of hydrogen-bond donors (Lipinski definition) is 3. The van der Waals surface area contributed by atoms with Crippen molar-refractivity contribution >= 4 is 5.96 Å². The average Bonchev–Trinajstić information content (AvgIpc) is 3.09. The third kappa shape index (κ3) is 4.58. The third-order valence-corrected chi connectivity index (χ3v) is 3.72. The second-order valence-electron chi connectivity index (χ2n) is 5.97. The Kier molecular flexibility index (Phi) is 5.61. The quantitative estimate of drug-likeness (QED) is 0.538. The zero-order chi connectivity index (χ0) is 17.7. The number of hydrogen-bond acceptors (Lipinski definition) is 5. The van der Waals surface area contributed by atoms with Gasteiger partial charge in [0, 0.05) is 25.4 Å². The monoisotopic (exact) mass is 334 g/mol. The number of nitrogens with one attached hydrogen (secondary N) is 2. The Morgan fingerprint density at radius 1 is 1.42 bits per heavy atom. The molecule has 8 heteroatoms. The third-order valence-electron chi connectivity index (χ3n) is 3.72. The number of nitrogens with zero attached hydrogens (tertiary/aromatic N) is 4. The molecule has 2 aromatic heterocycles. The fourth-order valence-corrected chi connectivity index (χ4v) is 2.15. The van der Waals surface area contributed by atoms with E-state index in [-0.39, 0.29) is 0 Å². The molecule has 0 aliphatic carbocycles. The highest BCUT2D eigenvalue weighted by Crippen LogP contribution is 2.18. The van der Waals surface area contributed by atoms with Crippen LogP contribution in [0.5, 0.6) is 0 Å². The number of aromatic nitrogens is 3. The largest absolute Gasteiger partial charge is 0.444 e. The van der Waals surface area contributed by atoms with Gasteiger partial charge in [-0.3, -0.25) is 4.68 Å². The van der Waals surface area contributed by atoms with Gasteiger partial charge in [0.2, 0.25) is 5.89 Å². The molecule has 0 bridgehead atoms. The number of oxazole rings is 1. The van der Waals surface area contributed by atoms with Gasteiger partial charge < -0.3 is 20.2 Å². The predicted octanol–water partition coefficient (Wildman–Crippen LogP) is 0.988. The van der Waals surface area contributed by atoms with E-state index in [1.165, 1.54) is 0 Å². The zero-order valence-corrected chi connectivity index (χ0v) is 14.9. The molecule has 0 saturated heterocycles. The minimum absolute atomic E-state index is 0.300. The van der Waals surface area contributed by atoms with Gasteiger partial charge in [0.05, 0.1) is 18.4 Å². The van der Waals surface area contributed by atoms with Crippen molar-refractivity contribution in [3.63, 3.8) is 0 Å². The highest BCUT2D eigenvalue weighted by Gasteiger charge is 2.25. The Labute approximate surface area is 142 Å². The molecule has 132 valence electrons. The lowest BCUT2D eigenvalue weighted by Gasteiger charge is -2.23. The van der Waals surface area contributed by atoms with Crippen LogP contribution in [0.3, 0.4) is 0 Å². The molecule has 2 rings (SSSR count). The van der Waals surface area contributed by atoms with Crippen molar-refractivity contribution in [2.24, 2.45) is 12.0 Å². The summed E-state index contributed by atoms with van der Waals surface area (Å²) in [5.41, 5.74) is 0.561. The van der Waals surface area contributed by atoms with E-state index in [2.05, 4.69) is 25.7 Å². The summed E-state index contributed by atoms with van der Waals surface area (Å²) in [6, 6.07) is 0. The fraction of sp³-hybridized carbons (Fsp3) is 0.562. The van der Waals surface area contributed by atoms with Crippen molar-refractivity contribution in [2.75, 3.05) is 13.1 Å². The first-order chi connectivity index (χ1) is 11.3. The molecule has 0 aromatic carbocycles. The maximum Gasteiger partial charge on any atom is 0.216 e. The highest BCUT2D eigenvalue weighted by atomic mass is 16.4. The lowest BCUT2D eigenvalue weighted by atomic mass is 10.00. The smallest absolute Gasteiger partial charge is 0.216 e. The minimum Gasteiger partial charge on any atom is -0.444 e. The van der Waals surface area contributed by atoms with Crippen molar-refractivity contribution in [1.82, 2.24) is 25.4 Å². The van der Waals surface area contributed by atoms with Crippen LogP contribution in [0.15, 0.2) is 21.8 Å². The van der Waals surface area contributed by atoms with E-state index in [0.717, 1.165) is 17.0 Å². The first kappa shape index (κ1) is 18.0. The lowest BCUT2D eigenvalue weighted by Crippen LogP contribution is -2.44. The average molecular weight is 334 g/mol. The van der Waals surface area contributed by atoms with Crippen LogP contribution in [0, 0.1) is 13.8 Å². The first-order valence-electron chi connectivity index (χ1n) is 7.98. The van der Waals surface area contributed by atoms with E-state index >= 15 is 0 Å². The second kappa shape index (κ2) is 7.48. The van der Waals surface area contributed by atoms with E-state index in [9.17, 15) is 5.11 Å². The normalized spacial score (nSPS) is 14.5. The summed E-state index contributed by atoms with van der Waals surface area (Å²) in [5, 5.41) is 21.0. The number of rotatable bonds is 6. The molecule has 1 unspecified atom stereocenters. The maximum atomic E-state index is 10.6. The Morgan fingerprint density at radius 3 is 2.71 bits per heavy atom. The summed E-state index contributed by atoms with van der Waals surface area (Å²) in [4.78, 5) is 8.76. The first-order valence-corrected chi connectivity index (χ1v) is 7.98. The number of guanidine groups is 1. The van der Waals surface area contributed by atoms with Crippen molar-refractivity contribution in [3.05, 3.63) is 35.3 Å². The molecule has 0 saturated carbocycles. The van der Waals surface area contributed by atoms with Crippen LogP contribution in [0.1, 0.15) is 36.8 Å². The van der Waals surface area contributed by atoms with Gasteiger partial charge in [-0.25, -0.2) is 9.98 Å². The van der Waals surface area contributed by atoms with Gasteiger partial charge >= 0.3 is 0 Å². The molecule has 24 heavy (non-hydrogen) atoms. The molecule has 0 amide bonds. The molecule has 8 nitrogen and oxygen atoms in total. The summed E-state index contributed by atoms with van der Waals surface area (Å²) in [7, 11) is 1.82. The SMILES string of the molecule is CCNC(=NCc1nc(C)c(C)o1)NCC(C)(O)c1cnn(C)c1. The standard InChI is InChI=1S/C16H26N6O2/c1-6-17-15(18-8-14-21-11(2)12(3)24-14)19-10-16(4,23)13-7-20-22(5)9-13/h7,9,23H,6,8,10H2,1-5H3,(H2,17,18,19). The van der Waals surface area contributed by atoms with Crippen LogP contribution in [0.4, 0.5) is 0 Å². The van der Waals surface area contributed by atoms with Crippen molar-refractivity contribution in [1.29, 1.82) is 0 Å². The molecule has 0 fully saturated rings. The zero-order valence-electron chi connectivity index (χ0n) is 14.9. The predicted molar refractivity (Wildman–Crippen MR) is 91.6 cm³/mol. The van der Waals surface area contributed by atoms with Gasteiger partial charge in [-0.1, -0.05) is 0 Å². The van der Waals surface area contributed by atoms with E-state index in [1.807, 2.05) is 27.8 Å². The van der Waals surface area contributed by atoms with Crippen LogP contribution in [0.2, 0.25) is 0 Å². The van der Waals surface area contributed by atoms with Crippen LogP contribution < -0.4 is 10.6 Å². The van der Waals surface area contributed by atoms with Crippen molar-refractivity contribution < 1.29 is 9.52 Å². The van der Waals surface area contributed by atoms with Gasteiger partial charge in [0.1, 0.15) is 17.9 Å². The van der Waals surface area contributed by atoms with Crippen molar-refractivity contribution in [3.8, 4) is 0 Å². The van der Waals surface area contributed by atoms with Crippen LogP contribution in [0.25, 0.3) is 0 Å². The molecule has 0 spiro atoms. The van der Waals surface area contributed by atoms with Crippen molar-refractivity contribution in [2.45, 2.75) is 39.8 Å². The Bertz CT molecular complexity index is 682. The Balaban J connectivity index is 2.00. The number of aliphatic imine (C=N–C) groups is 1. The summed E-state index contributed by atoms with van der Waals surface area (Å²) >= 11 is 0. The van der Waals surface area contributed by atoms with Crippen LogP contribution in [-0.2, 0) is 19.2 Å². The summed E-state index contributed by atoms with van der Waals surface area (Å²) in [6.07, 6.45) is 3.45. The molecule has 0 aliphatic rings. The van der Waals surface area contributed by atoms with E-state index < -0.39 is 5.60 Å². The molecule has 1 atom stereocenters. The minimum atomic E-state index is -1.06. The Morgan fingerprint density at radius 2 is 2.17 bits per heavy atom. The second-order valence-corrected chi connectivity index (χ2v) is 5.97. The molecule has 3 N–H and O–H groups in total. The molecule has 2 aromatic rings. The molecule has 2 heterocycles. The molecular formula is C16H26N6O2. The van der Waals surface area contributed by atoms with Gasteiger partial charge in [-0.2, -0.15) is 5.10 Å². The topological polar surface area (TPSA) is 100 Å². The van der Waals surface area contributed by atoms with E-state index in [4.69, 9.17) is 4.42 Å². The van der Waals surface area contributed by atoms with Gasteiger partial charge in [-0.05, 0) is 27.7 Å². The van der Waals surface area contributed by atoms with Gasteiger partial charge in [-0.15, -0.1) is 0 Å². The lowest BCUT2D eigenvalue weighted by molar-refractivity contribution is 0.0616.